The molecule has 2 fully saturated rings. The van der Waals surface area contributed by atoms with E-state index in [0.29, 0.717) is 24.2 Å². The van der Waals surface area contributed by atoms with Gasteiger partial charge in [0.2, 0.25) is 0 Å². The molecule has 0 bridgehead atoms. The van der Waals surface area contributed by atoms with E-state index < -0.39 is 23.7 Å². The van der Waals surface area contributed by atoms with E-state index in [1.807, 2.05) is 27.7 Å². The minimum Gasteiger partial charge on any atom is -0.507 e. The predicted molar refractivity (Wildman–Crippen MR) is 118 cm³/mol. The summed E-state index contributed by atoms with van der Waals surface area (Å²) in [6.07, 6.45) is 0.585. The van der Waals surface area contributed by atoms with E-state index in [4.69, 9.17) is 18.9 Å². The largest absolute Gasteiger partial charge is 0.507 e. The predicted octanol–water partition coefficient (Wildman–Crippen LogP) is 3.85. The fraction of sp³-hybridized carbons (Fsp3) is 0.720. The number of fused-ring (bicyclic) bond motifs is 1. The monoisotopic (exact) mass is 448 g/mol. The summed E-state index contributed by atoms with van der Waals surface area (Å²) in [6, 6.07) is 1.71. The molecule has 1 aromatic carbocycles. The van der Waals surface area contributed by atoms with E-state index in [2.05, 4.69) is 0 Å². The molecule has 2 saturated heterocycles. The Morgan fingerprint density at radius 1 is 1.34 bits per heavy atom. The number of epoxide rings is 1. The van der Waals surface area contributed by atoms with Crippen LogP contribution in [-0.4, -0.2) is 59.2 Å². The maximum atomic E-state index is 13.8. The molecule has 2 N–H and O–H groups in total. The summed E-state index contributed by atoms with van der Waals surface area (Å²) < 4.78 is 23.6. The molecule has 7 nitrogen and oxygen atoms in total. The van der Waals surface area contributed by atoms with Crippen LogP contribution in [0.1, 0.15) is 81.0 Å². The number of aliphatic hydroxyl groups excluding tert-OH is 1. The maximum Gasteiger partial charge on any atom is 0.172 e. The van der Waals surface area contributed by atoms with E-state index in [-0.39, 0.29) is 41.5 Å². The van der Waals surface area contributed by atoms with Gasteiger partial charge in [-0.1, -0.05) is 20.3 Å². The SMILES string of the molecule is CCCC(C(=O)c1cc2c(c(C)c1O)OC(C)C2OC)C1CC(O)C2(OC2CC)C(C)O1. The highest BCUT2D eigenvalue weighted by Crippen LogP contribution is 2.51. The number of benzene rings is 1. The number of carbonyl (C=O) groups is 1. The van der Waals surface area contributed by atoms with Crippen molar-refractivity contribution in [3.63, 3.8) is 0 Å². The maximum absolute atomic E-state index is 13.8. The second-order valence-corrected chi connectivity index (χ2v) is 9.49. The average Bonchev–Trinajstić information content (AvgIpc) is 3.42. The molecule has 0 amide bonds. The van der Waals surface area contributed by atoms with Crippen LogP contribution in [0.15, 0.2) is 6.07 Å². The third-order valence-electron chi connectivity index (χ3n) is 7.61. The van der Waals surface area contributed by atoms with Crippen molar-refractivity contribution in [2.24, 2.45) is 5.92 Å². The fourth-order valence-corrected chi connectivity index (χ4v) is 5.81. The van der Waals surface area contributed by atoms with Crippen LogP contribution in [0.25, 0.3) is 0 Å². The van der Waals surface area contributed by atoms with Gasteiger partial charge in [-0.3, -0.25) is 4.79 Å². The number of ether oxygens (including phenoxy) is 4. The summed E-state index contributed by atoms with van der Waals surface area (Å²) >= 11 is 0. The van der Waals surface area contributed by atoms with Crippen molar-refractivity contribution >= 4 is 5.78 Å². The van der Waals surface area contributed by atoms with Crippen LogP contribution in [0, 0.1) is 12.8 Å². The molecule has 3 heterocycles. The summed E-state index contributed by atoms with van der Waals surface area (Å²) in [5.41, 5.74) is 0.931. The zero-order valence-corrected chi connectivity index (χ0v) is 19.9. The molecular weight excluding hydrogens is 412 g/mol. The zero-order valence-electron chi connectivity index (χ0n) is 19.9. The van der Waals surface area contributed by atoms with Gasteiger partial charge in [0.05, 0.1) is 30.0 Å². The Morgan fingerprint density at radius 3 is 2.62 bits per heavy atom. The molecule has 3 aliphatic rings. The van der Waals surface area contributed by atoms with E-state index in [1.165, 1.54) is 0 Å². The summed E-state index contributed by atoms with van der Waals surface area (Å²) in [7, 11) is 1.61. The number of hydrogen-bond acceptors (Lipinski definition) is 7. The molecule has 0 aromatic heterocycles. The van der Waals surface area contributed by atoms with Crippen LogP contribution in [0.5, 0.6) is 11.5 Å². The Balaban J connectivity index is 1.64. The van der Waals surface area contributed by atoms with Crippen LogP contribution in [0.2, 0.25) is 0 Å². The Kier molecular flexibility index (Phi) is 6.31. The number of aliphatic hydroxyl groups is 1. The van der Waals surface area contributed by atoms with Crippen LogP contribution < -0.4 is 4.74 Å². The molecule has 8 unspecified atom stereocenters. The third-order valence-corrected chi connectivity index (χ3v) is 7.61. The van der Waals surface area contributed by atoms with E-state index in [1.54, 1.807) is 20.1 Å². The third kappa shape index (κ3) is 3.45. The van der Waals surface area contributed by atoms with Gasteiger partial charge in [-0.25, -0.2) is 0 Å². The van der Waals surface area contributed by atoms with Gasteiger partial charge in [0.1, 0.15) is 29.3 Å². The van der Waals surface area contributed by atoms with Crippen molar-refractivity contribution in [2.45, 2.75) is 103 Å². The van der Waals surface area contributed by atoms with Crippen molar-refractivity contribution in [1.29, 1.82) is 0 Å². The van der Waals surface area contributed by atoms with Gasteiger partial charge in [-0.2, -0.15) is 0 Å². The first-order valence-electron chi connectivity index (χ1n) is 11.8. The second-order valence-electron chi connectivity index (χ2n) is 9.49. The van der Waals surface area contributed by atoms with Crippen molar-refractivity contribution in [3.05, 3.63) is 22.8 Å². The Hall–Kier alpha value is -1.67. The molecule has 0 radical (unpaired) electrons. The molecule has 0 aliphatic carbocycles. The number of rotatable bonds is 7. The molecular formula is C25H36O7. The number of phenolic OH excluding ortho intramolecular Hbond substituents is 1. The minimum atomic E-state index is -0.684. The molecule has 0 saturated carbocycles. The molecule has 1 aromatic rings. The molecule has 3 aliphatic heterocycles. The molecule has 32 heavy (non-hydrogen) atoms. The number of phenols is 1. The topological polar surface area (TPSA) is 97.8 Å². The number of aromatic hydroxyl groups is 1. The lowest BCUT2D eigenvalue weighted by atomic mass is 9.78. The molecule has 178 valence electrons. The average molecular weight is 449 g/mol. The highest BCUT2D eigenvalue weighted by Gasteiger charge is 2.67. The summed E-state index contributed by atoms with van der Waals surface area (Å²) in [4.78, 5) is 13.8. The highest BCUT2D eigenvalue weighted by atomic mass is 16.7. The van der Waals surface area contributed by atoms with Gasteiger partial charge in [0.15, 0.2) is 5.78 Å². The van der Waals surface area contributed by atoms with E-state index >= 15 is 0 Å². The van der Waals surface area contributed by atoms with Gasteiger partial charge in [-0.05, 0) is 39.7 Å². The van der Waals surface area contributed by atoms with Gasteiger partial charge in [0.25, 0.3) is 0 Å². The van der Waals surface area contributed by atoms with Crippen LogP contribution in [-0.2, 0) is 14.2 Å². The number of hydrogen-bond donors (Lipinski definition) is 2. The molecule has 1 spiro atoms. The lowest BCUT2D eigenvalue weighted by molar-refractivity contribution is -0.151. The van der Waals surface area contributed by atoms with Crippen LogP contribution >= 0.6 is 0 Å². The van der Waals surface area contributed by atoms with Gasteiger partial charge in [-0.15, -0.1) is 0 Å². The Bertz CT molecular complexity index is 870. The molecule has 7 heteroatoms. The minimum absolute atomic E-state index is 0.00912. The molecule has 8 atom stereocenters. The Morgan fingerprint density at radius 2 is 2.06 bits per heavy atom. The van der Waals surface area contributed by atoms with Gasteiger partial charge in [0, 0.05) is 30.6 Å². The Labute approximate surface area is 190 Å². The van der Waals surface area contributed by atoms with Gasteiger partial charge < -0.3 is 29.2 Å². The molecule has 4 rings (SSSR count). The van der Waals surface area contributed by atoms with E-state index in [0.717, 1.165) is 18.4 Å². The van der Waals surface area contributed by atoms with E-state index in [9.17, 15) is 15.0 Å². The van der Waals surface area contributed by atoms with Crippen LogP contribution in [0.4, 0.5) is 0 Å². The fourth-order valence-electron chi connectivity index (χ4n) is 5.81. The summed E-state index contributed by atoms with van der Waals surface area (Å²) in [5, 5.41) is 21.8. The second kappa shape index (κ2) is 8.60. The lowest BCUT2D eigenvalue weighted by Gasteiger charge is -2.40. The van der Waals surface area contributed by atoms with Crippen molar-refractivity contribution in [3.8, 4) is 11.5 Å². The van der Waals surface area contributed by atoms with Crippen molar-refractivity contribution in [2.75, 3.05) is 7.11 Å². The zero-order chi connectivity index (χ0) is 23.4. The first-order valence-corrected chi connectivity index (χ1v) is 11.8. The van der Waals surface area contributed by atoms with Gasteiger partial charge >= 0.3 is 0 Å². The lowest BCUT2D eigenvalue weighted by Crippen LogP contribution is -2.53. The number of Topliss-reactive ketones (excluding diaryl/α,β-unsaturated/α-hetero) is 1. The summed E-state index contributed by atoms with van der Waals surface area (Å²) in [6.45, 7) is 9.63. The first-order chi connectivity index (χ1) is 15.2. The number of ketones is 1. The van der Waals surface area contributed by atoms with Crippen molar-refractivity contribution < 1.29 is 34.0 Å². The van der Waals surface area contributed by atoms with Crippen LogP contribution in [0.3, 0.4) is 0 Å². The summed E-state index contributed by atoms with van der Waals surface area (Å²) in [5.74, 6) is -0.121. The number of carbonyl (C=O) groups excluding carboxylic acids is 1. The van der Waals surface area contributed by atoms with Crippen molar-refractivity contribution in [1.82, 2.24) is 0 Å². The normalized spacial score (nSPS) is 36.6. The smallest absolute Gasteiger partial charge is 0.172 e. The first kappa shape index (κ1) is 23.5. The highest BCUT2D eigenvalue weighted by molar-refractivity contribution is 6.01. The number of methoxy groups -OCH3 is 1. The standard InChI is InChI=1S/C25H36O7/c1-7-9-15(18-11-19(26)25(14(5)31-18)20(8-2)32-25)22(28)16-10-17-23(12(3)21(16)27)30-13(4)24(17)29-6/h10,13-15,18-20,24,26-27H,7-9,11H2,1-6H3. The quantitative estimate of drug-likeness (QED) is 0.483.